The van der Waals surface area contributed by atoms with Crippen molar-refractivity contribution < 1.29 is 19.1 Å². The van der Waals surface area contributed by atoms with Crippen LogP contribution in [0.4, 0.5) is 16.5 Å². The molecule has 12 heteroatoms. The maximum Gasteiger partial charge on any atom is 0.271 e. The number of nitrogens with one attached hydrogen (secondary N) is 3. The molecule has 0 spiro atoms. The first-order valence-corrected chi connectivity index (χ1v) is 14.8. The molecule has 2 amide bonds. The van der Waals surface area contributed by atoms with Gasteiger partial charge in [0.15, 0.2) is 11.7 Å². The Morgan fingerprint density at radius 3 is 2.34 bits per heavy atom. The summed E-state index contributed by atoms with van der Waals surface area (Å²) in [7, 11) is 1.57. The van der Waals surface area contributed by atoms with Crippen LogP contribution in [-0.4, -0.2) is 36.7 Å². The molecule has 4 aromatic carbocycles. The van der Waals surface area contributed by atoms with Gasteiger partial charge >= 0.3 is 0 Å². The lowest BCUT2D eigenvalue weighted by molar-refractivity contribution is -0.118. The molecule has 0 aliphatic heterocycles. The van der Waals surface area contributed by atoms with E-state index in [1.807, 2.05) is 29.6 Å². The van der Waals surface area contributed by atoms with Gasteiger partial charge in [-0.1, -0.05) is 35.3 Å². The second-order valence-electron chi connectivity index (χ2n) is 9.19. The third-order valence-electron chi connectivity index (χ3n) is 6.12. The lowest BCUT2D eigenvalue weighted by Crippen LogP contribution is -2.20. The third kappa shape index (κ3) is 8.35. The van der Waals surface area contributed by atoms with Gasteiger partial charge in [-0.05, 0) is 78.9 Å². The topological polar surface area (TPSA) is 114 Å². The number of hydrogen-bond donors (Lipinski definition) is 3. The van der Waals surface area contributed by atoms with Crippen molar-refractivity contribution in [2.45, 2.75) is 0 Å². The van der Waals surface area contributed by atoms with Crippen LogP contribution in [0.25, 0.3) is 11.3 Å². The minimum absolute atomic E-state index is 0.245. The van der Waals surface area contributed by atoms with Crippen LogP contribution in [0.1, 0.15) is 15.9 Å². The number of hydrazone groups is 1. The first kappa shape index (κ1) is 30.6. The van der Waals surface area contributed by atoms with E-state index in [1.54, 1.807) is 73.8 Å². The van der Waals surface area contributed by atoms with Crippen LogP contribution >= 0.6 is 34.5 Å². The first-order valence-electron chi connectivity index (χ1n) is 13.1. The van der Waals surface area contributed by atoms with Crippen LogP contribution in [0.3, 0.4) is 0 Å². The highest BCUT2D eigenvalue weighted by Gasteiger charge is 2.10. The molecule has 9 nitrogen and oxygen atoms in total. The molecular weight excluding hydrogens is 621 g/mol. The lowest BCUT2D eigenvalue weighted by atomic mass is 10.1. The summed E-state index contributed by atoms with van der Waals surface area (Å²) >= 11 is 13.6. The number of hydrogen-bond acceptors (Lipinski definition) is 8. The van der Waals surface area contributed by atoms with Crippen LogP contribution < -0.4 is 25.5 Å². The molecule has 5 rings (SSSR count). The zero-order valence-electron chi connectivity index (χ0n) is 23.2. The molecule has 0 unspecified atom stereocenters. The fraction of sp³-hybridized carbons (Fsp3) is 0.0625. The van der Waals surface area contributed by atoms with E-state index in [4.69, 9.17) is 32.7 Å². The zero-order chi connectivity index (χ0) is 30.9. The van der Waals surface area contributed by atoms with Crippen LogP contribution in [0.15, 0.2) is 101 Å². The van der Waals surface area contributed by atoms with E-state index in [0.29, 0.717) is 38.4 Å². The predicted octanol–water partition coefficient (Wildman–Crippen LogP) is 7.65. The number of anilines is 3. The van der Waals surface area contributed by atoms with E-state index < -0.39 is 5.91 Å². The number of carbonyl (C=O) groups is 2. The number of carbonyl (C=O) groups excluding carboxylic acids is 2. The molecule has 1 heterocycles. The Balaban J connectivity index is 1.15. The third-order valence-corrected chi connectivity index (χ3v) is 7.36. The zero-order valence-corrected chi connectivity index (χ0v) is 25.5. The summed E-state index contributed by atoms with van der Waals surface area (Å²) in [6.45, 7) is -0.245. The summed E-state index contributed by atoms with van der Waals surface area (Å²) < 4.78 is 10.8. The smallest absolute Gasteiger partial charge is 0.271 e. The fourth-order valence-electron chi connectivity index (χ4n) is 3.90. The number of aromatic nitrogens is 1. The summed E-state index contributed by atoms with van der Waals surface area (Å²) in [6, 6.07) is 26.2. The molecule has 3 N–H and O–H groups in total. The van der Waals surface area contributed by atoms with Gasteiger partial charge in [0.1, 0.15) is 11.5 Å². The average Bonchev–Trinajstić information content (AvgIpc) is 3.50. The molecule has 5 aromatic rings. The number of amides is 2. The highest BCUT2D eigenvalue weighted by atomic mass is 35.5. The van der Waals surface area contributed by atoms with Crippen molar-refractivity contribution in [1.82, 2.24) is 10.4 Å². The Bertz CT molecular complexity index is 1780. The van der Waals surface area contributed by atoms with E-state index >= 15 is 0 Å². The second-order valence-corrected chi connectivity index (χ2v) is 10.9. The first-order chi connectivity index (χ1) is 21.4. The van der Waals surface area contributed by atoms with Gasteiger partial charge in [-0.2, -0.15) is 5.10 Å². The minimum atomic E-state index is -0.403. The Labute approximate surface area is 267 Å². The molecule has 0 bridgehead atoms. The van der Waals surface area contributed by atoms with E-state index in [1.165, 1.54) is 17.6 Å². The Morgan fingerprint density at radius 2 is 1.61 bits per heavy atom. The van der Waals surface area contributed by atoms with Crippen LogP contribution in [0.5, 0.6) is 11.5 Å². The van der Waals surface area contributed by atoms with E-state index in [0.717, 1.165) is 22.1 Å². The molecule has 0 atom stereocenters. The molecule has 222 valence electrons. The maximum atomic E-state index is 12.7. The number of methoxy groups -OCH3 is 1. The summed E-state index contributed by atoms with van der Waals surface area (Å²) in [4.78, 5) is 29.7. The molecule has 0 saturated heterocycles. The molecule has 0 aliphatic rings. The number of ether oxygens (including phenoxy) is 2. The quantitative estimate of drug-likeness (QED) is 0.100. The van der Waals surface area contributed by atoms with Crippen LogP contribution in [0.2, 0.25) is 10.0 Å². The van der Waals surface area contributed by atoms with Gasteiger partial charge in [0.05, 0.1) is 19.0 Å². The van der Waals surface area contributed by atoms with Gasteiger partial charge in [0, 0.05) is 43.5 Å². The molecule has 0 saturated carbocycles. The van der Waals surface area contributed by atoms with Gasteiger partial charge in [-0.15, -0.1) is 11.3 Å². The average molecular weight is 647 g/mol. The van der Waals surface area contributed by atoms with Gasteiger partial charge < -0.3 is 20.1 Å². The number of rotatable bonds is 11. The molecule has 44 heavy (non-hydrogen) atoms. The van der Waals surface area contributed by atoms with Crippen molar-refractivity contribution in [2.24, 2.45) is 5.10 Å². The van der Waals surface area contributed by atoms with Crippen molar-refractivity contribution in [3.63, 3.8) is 0 Å². The van der Waals surface area contributed by atoms with Crippen molar-refractivity contribution >= 4 is 69.1 Å². The Morgan fingerprint density at radius 1 is 0.909 bits per heavy atom. The molecule has 0 aliphatic carbocycles. The summed E-state index contributed by atoms with van der Waals surface area (Å²) in [6.07, 6.45) is 1.40. The largest absolute Gasteiger partial charge is 0.497 e. The Hall–Kier alpha value is -4.90. The molecule has 0 fully saturated rings. The lowest BCUT2D eigenvalue weighted by Gasteiger charge is -2.10. The van der Waals surface area contributed by atoms with Gasteiger partial charge in [0.2, 0.25) is 0 Å². The minimum Gasteiger partial charge on any atom is -0.497 e. The van der Waals surface area contributed by atoms with E-state index in [2.05, 4.69) is 26.1 Å². The van der Waals surface area contributed by atoms with Gasteiger partial charge in [-0.3, -0.25) is 9.59 Å². The second kappa shape index (κ2) is 14.5. The molecule has 0 radical (unpaired) electrons. The van der Waals surface area contributed by atoms with Crippen molar-refractivity contribution in [3.05, 3.63) is 118 Å². The van der Waals surface area contributed by atoms with Crippen molar-refractivity contribution in [1.29, 1.82) is 0 Å². The van der Waals surface area contributed by atoms with Crippen LogP contribution in [0, 0.1) is 0 Å². The SMILES string of the molecule is COc1ccc(NC(=O)COc2ccc(Cl)cc2/C=N\NC(=O)c2ccc(-c3csc(Nc4ccc(Cl)cc4)n3)cc2)cc1. The van der Waals surface area contributed by atoms with Gasteiger partial charge in [0.25, 0.3) is 11.8 Å². The number of benzene rings is 4. The molecule has 1 aromatic heterocycles. The monoisotopic (exact) mass is 645 g/mol. The van der Waals surface area contributed by atoms with Crippen LogP contribution in [-0.2, 0) is 4.79 Å². The maximum absolute atomic E-state index is 12.7. The normalized spacial score (nSPS) is 10.8. The van der Waals surface area contributed by atoms with E-state index in [9.17, 15) is 9.59 Å². The van der Waals surface area contributed by atoms with Gasteiger partial charge in [-0.25, -0.2) is 10.4 Å². The predicted molar refractivity (Wildman–Crippen MR) is 176 cm³/mol. The number of thiazole rings is 1. The van der Waals surface area contributed by atoms with Crippen molar-refractivity contribution in [3.8, 4) is 22.8 Å². The number of nitrogens with zero attached hydrogens (tertiary/aromatic N) is 2. The van der Waals surface area contributed by atoms with Crippen molar-refractivity contribution in [2.75, 3.05) is 24.4 Å². The number of halogens is 2. The van der Waals surface area contributed by atoms with E-state index in [-0.39, 0.29) is 12.5 Å². The molecular formula is C32H25Cl2N5O4S. The highest BCUT2D eigenvalue weighted by Crippen LogP contribution is 2.28. The fourth-order valence-corrected chi connectivity index (χ4v) is 4.95. The summed E-state index contributed by atoms with van der Waals surface area (Å²) in [5.41, 5.74) is 6.54. The summed E-state index contributed by atoms with van der Waals surface area (Å²) in [5.74, 6) is 0.299. The standard InChI is InChI=1S/C32H25Cl2N5O4S/c1-42-27-13-11-25(12-14-27)36-30(40)18-43-29-15-8-24(34)16-22(29)17-35-39-31(41)21-4-2-20(3-5-21)28-19-44-32(38-28)37-26-9-6-23(33)7-10-26/h2-17,19H,18H2,1H3,(H,36,40)(H,37,38)(H,39,41)/b35-17-. The highest BCUT2D eigenvalue weighted by molar-refractivity contribution is 7.14. The summed E-state index contributed by atoms with van der Waals surface area (Å²) in [5, 5.41) is 13.8. The Kier molecular flexibility index (Phi) is 10.1.